The van der Waals surface area contributed by atoms with Crippen molar-refractivity contribution in [3.05, 3.63) is 24.0 Å². The molecule has 2 amide bonds. The van der Waals surface area contributed by atoms with Crippen molar-refractivity contribution >= 4 is 17.7 Å². The minimum absolute atomic E-state index is 0.0447. The Kier molecular flexibility index (Phi) is 6.03. The Morgan fingerprint density at radius 2 is 1.81 bits per heavy atom. The predicted molar refractivity (Wildman–Crippen MR) is 98.7 cm³/mol. The summed E-state index contributed by atoms with van der Waals surface area (Å²) in [6, 6.07) is 4.42. The highest BCUT2D eigenvalue weighted by atomic mass is 19.1. The van der Waals surface area contributed by atoms with Crippen LogP contribution in [0.2, 0.25) is 0 Å². The van der Waals surface area contributed by atoms with Gasteiger partial charge < -0.3 is 25.0 Å². The first-order valence-electron chi connectivity index (χ1n) is 9.34. The number of carboxylic acid groups (broad SMARTS) is 1. The molecule has 2 N–H and O–H groups in total. The average Bonchev–Trinajstić information content (AvgIpc) is 2.68. The van der Waals surface area contributed by atoms with E-state index < -0.39 is 5.97 Å². The summed E-state index contributed by atoms with van der Waals surface area (Å²) < 4.78 is 18.6. The van der Waals surface area contributed by atoms with Gasteiger partial charge in [-0.15, -0.1) is 0 Å². The summed E-state index contributed by atoms with van der Waals surface area (Å²) in [7, 11) is 1.51. The molecule has 0 aromatic heterocycles. The number of carbonyl (C=O) groups excluding carboxylic acids is 1. The van der Waals surface area contributed by atoms with Gasteiger partial charge in [-0.3, -0.25) is 4.79 Å². The molecule has 1 aliphatic carbocycles. The van der Waals surface area contributed by atoms with E-state index in [0.717, 1.165) is 5.69 Å². The zero-order chi connectivity index (χ0) is 19.4. The fraction of sp³-hybridized carbons (Fsp3) is 0.579. The molecule has 0 bridgehead atoms. The molecule has 0 unspecified atom stereocenters. The number of halogens is 1. The third kappa shape index (κ3) is 4.61. The van der Waals surface area contributed by atoms with Crippen molar-refractivity contribution in [1.29, 1.82) is 0 Å². The molecule has 0 spiro atoms. The van der Waals surface area contributed by atoms with Crippen molar-refractivity contribution in [3.8, 4) is 5.75 Å². The van der Waals surface area contributed by atoms with E-state index in [1.54, 1.807) is 11.0 Å². The number of rotatable bonds is 4. The van der Waals surface area contributed by atoms with Crippen LogP contribution in [0.25, 0.3) is 0 Å². The molecule has 1 aromatic carbocycles. The highest BCUT2D eigenvalue weighted by molar-refractivity contribution is 5.75. The molecule has 1 aromatic rings. The summed E-state index contributed by atoms with van der Waals surface area (Å²) in [5.41, 5.74) is 0.825. The van der Waals surface area contributed by atoms with E-state index in [1.807, 2.05) is 0 Å². The second-order valence-corrected chi connectivity index (χ2v) is 7.13. The number of nitrogens with one attached hydrogen (secondary N) is 1. The molecule has 148 valence electrons. The number of hydrogen-bond donors (Lipinski definition) is 2. The van der Waals surface area contributed by atoms with Crippen molar-refractivity contribution in [2.24, 2.45) is 5.92 Å². The molecule has 2 aliphatic rings. The van der Waals surface area contributed by atoms with Crippen LogP contribution in [-0.2, 0) is 4.79 Å². The van der Waals surface area contributed by atoms with Gasteiger partial charge in [-0.25, -0.2) is 9.18 Å². The summed E-state index contributed by atoms with van der Waals surface area (Å²) >= 11 is 0. The number of carbonyl (C=O) groups is 2. The van der Waals surface area contributed by atoms with Gasteiger partial charge in [-0.2, -0.15) is 0 Å². The summed E-state index contributed by atoms with van der Waals surface area (Å²) in [5.74, 6) is -0.881. The van der Waals surface area contributed by atoms with E-state index in [0.29, 0.717) is 57.6 Å². The zero-order valence-electron chi connectivity index (χ0n) is 15.5. The molecule has 0 radical (unpaired) electrons. The normalized spacial score (nSPS) is 23.0. The lowest BCUT2D eigenvalue weighted by molar-refractivity contribution is -0.142. The van der Waals surface area contributed by atoms with Crippen LogP contribution in [0.3, 0.4) is 0 Å². The van der Waals surface area contributed by atoms with E-state index >= 15 is 0 Å². The highest BCUT2D eigenvalue weighted by Crippen LogP contribution is 2.30. The van der Waals surface area contributed by atoms with Crippen LogP contribution < -0.4 is 15.0 Å². The third-order valence-electron chi connectivity index (χ3n) is 5.45. The van der Waals surface area contributed by atoms with Crippen molar-refractivity contribution in [2.75, 3.05) is 38.2 Å². The van der Waals surface area contributed by atoms with Crippen LogP contribution in [0, 0.1) is 11.7 Å². The van der Waals surface area contributed by atoms with Crippen LogP contribution in [0.4, 0.5) is 14.9 Å². The lowest BCUT2D eigenvalue weighted by Gasteiger charge is -2.37. The Hall–Kier alpha value is -2.51. The number of aliphatic carboxylic acids is 1. The molecule has 3 rings (SSSR count). The van der Waals surface area contributed by atoms with Crippen LogP contribution in [0.15, 0.2) is 18.2 Å². The number of piperazine rings is 1. The van der Waals surface area contributed by atoms with Gasteiger partial charge in [-0.05, 0) is 37.8 Å². The molecular weight excluding hydrogens is 353 g/mol. The third-order valence-corrected chi connectivity index (χ3v) is 5.45. The van der Waals surface area contributed by atoms with Gasteiger partial charge in [0.05, 0.1) is 18.7 Å². The van der Waals surface area contributed by atoms with Crippen molar-refractivity contribution in [3.63, 3.8) is 0 Å². The quantitative estimate of drug-likeness (QED) is 0.839. The second-order valence-electron chi connectivity index (χ2n) is 7.13. The molecule has 1 saturated heterocycles. The van der Waals surface area contributed by atoms with Gasteiger partial charge in [-0.1, -0.05) is 0 Å². The number of urea groups is 1. The van der Waals surface area contributed by atoms with Gasteiger partial charge >= 0.3 is 12.0 Å². The Balaban J connectivity index is 1.49. The van der Waals surface area contributed by atoms with Crippen molar-refractivity contribution in [1.82, 2.24) is 10.2 Å². The first-order chi connectivity index (χ1) is 13.0. The Bertz CT molecular complexity index is 684. The number of ether oxygens (including phenoxy) is 1. The highest BCUT2D eigenvalue weighted by Gasteiger charge is 2.29. The summed E-state index contributed by atoms with van der Waals surface area (Å²) in [4.78, 5) is 27.4. The molecule has 1 aliphatic heterocycles. The Morgan fingerprint density at radius 3 is 2.41 bits per heavy atom. The first-order valence-corrected chi connectivity index (χ1v) is 9.34. The molecule has 0 atom stereocenters. The van der Waals surface area contributed by atoms with Gasteiger partial charge in [0.2, 0.25) is 0 Å². The summed E-state index contributed by atoms with van der Waals surface area (Å²) in [6.07, 6.45) is 2.63. The van der Waals surface area contributed by atoms with Crippen molar-refractivity contribution in [2.45, 2.75) is 31.7 Å². The standard InChI is InChI=1S/C19H26FN3O4/c1-27-17-12-14(20)4-7-16(17)22-8-10-23(11-9-22)19(26)21-15-5-2-13(3-6-15)18(24)25/h4,7,12-13,15H,2-3,5-6,8-11H2,1H3,(H,21,26)(H,24,25). The van der Waals surface area contributed by atoms with E-state index in [1.165, 1.54) is 19.2 Å². The largest absolute Gasteiger partial charge is 0.494 e. The number of anilines is 1. The predicted octanol–water partition coefficient (Wildman–Crippen LogP) is 2.31. The second kappa shape index (κ2) is 8.45. The van der Waals surface area contributed by atoms with Crippen LogP contribution in [0.5, 0.6) is 5.75 Å². The maximum Gasteiger partial charge on any atom is 0.317 e. The molecule has 27 heavy (non-hydrogen) atoms. The fourth-order valence-electron chi connectivity index (χ4n) is 3.81. The number of hydrogen-bond acceptors (Lipinski definition) is 4. The number of nitrogens with zero attached hydrogens (tertiary/aromatic N) is 2. The lowest BCUT2D eigenvalue weighted by Crippen LogP contribution is -2.54. The number of methoxy groups -OCH3 is 1. The lowest BCUT2D eigenvalue weighted by atomic mass is 9.86. The molecule has 7 nitrogen and oxygen atoms in total. The molecule has 1 saturated carbocycles. The Morgan fingerprint density at radius 1 is 1.15 bits per heavy atom. The van der Waals surface area contributed by atoms with Gasteiger partial charge in [0.1, 0.15) is 11.6 Å². The minimum atomic E-state index is -0.743. The van der Waals surface area contributed by atoms with E-state index in [-0.39, 0.29) is 23.8 Å². The maximum absolute atomic E-state index is 13.4. The van der Waals surface area contributed by atoms with E-state index in [2.05, 4.69) is 10.2 Å². The molecule has 1 heterocycles. The SMILES string of the molecule is COc1cc(F)ccc1N1CCN(C(=O)NC2CCC(C(=O)O)CC2)CC1. The number of benzene rings is 1. The summed E-state index contributed by atoms with van der Waals surface area (Å²) in [5, 5.41) is 12.1. The number of amides is 2. The zero-order valence-corrected chi connectivity index (χ0v) is 15.5. The van der Waals surface area contributed by atoms with Gasteiger partial charge in [0, 0.05) is 38.3 Å². The van der Waals surface area contributed by atoms with Crippen LogP contribution >= 0.6 is 0 Å². The number of carboxylic acids is 1. The topological polar surface area (TPSA) is 82.1 Å². The van der Waals surface area contributed by atoms with E-state index in [9.17, 15) is 14.0 Å². The smallest absolute Gasteiger partial charge is 0.317 e. The Labute approximate surface area is 158 Å². The van der Waals surface area contributed by atoms with Crippen molar-refractivity contribution < 1.29 is 23.8 Å². The average molecular weight is 379 g/mol. The van der Waals surface area contributed by atoms with Crippen LogP contribution in [-0.4, -0.2) is 61.3 Å². The minimum Gasteiger partial charge on any atom is -0.494 e. The summed E-state index contributed by atoms with van der Waals surface area (Å²) in [6.45, 7) is 2.41. The molecular formula is C19H26FN3O4. The fourth-order valence-corrected chi connectivity index (χ4v) is 3.81. The molecule has 2 fully saturated rings. The van der Waals surface area contributed by atoms with Crippen LogP contribution in [0.1, 0.15) is 25.7 Å². The van der Waals surface area contributed by atoms with E-state index in [4.69, 9.17) is 9.84 Å². The molecule has 8 heteroatoms. The maximum atomic E-state index is 13.4. The van der Waals surface area contributed by atoms with Gasteiger partial charge in [0.15, 0.2) is 0 Å². The first kappa shape index (κ1) is 19.3. The monoisotopic (exact) mass is 379 g/mol. The van der Waals surface area contributed by atoms with Gasteiger partial charge in [0.25, 0.3) is 0 Å².